The molecule has 3 N–H and O–H groups in total. The molecule has 1 heterocycles. The van der Waals surface area contributed by atoms with E-state index in [2.05, 4.69) is 20.9 Å². The van der Waals surface area contributed by atoms with Gasteiger partial charge in [0.05, 0.1) is 35.6 Å². The highest BCUT2D eigenvalue weighted by Gasteiger charge is 2.26. The Morgan fingerprint density at radius 3 is 2.42 bits per heavy atom. The van der Waals surface area contributed by atoms with E-state index in [1.807, 2.05) is 12.3 Å². The number of carbonyl (C=O) groups excluding carboxylic acids is 3. The lowest BCUT2D eigenvalue weighted by atomic mass is 10.1. The van der Waals surface area contributed by atoms with Gasteiger partial charge in [0.15, 0.2) is 0 Å². The largest absolute Gasteiger partial charge is 0.465 e. The third kappa shape index (κ3) is 8.46. The van der Waals surface area contributed by atoms with Crippen molar-refractivity contribution >= 4 is 45.0 Å². The van der Waals surface area contributed by atoms with Gasteiger partial charge in [-0.25, -0.2) is 9.78 Å². The molecule has 1 aliphatic carbocycles. The SMILES string of the molecule is CC[C@H](NC[C@H](Cc1cscn1)NC(=O)c1cc(C(=O)OC)cc(N(C)S(=O)(=O)N(C)C)c1)C(=O)NCC1CC1. The Labute approximate surface area is 239 Å². The fourth-order valence-corrected chi connectivity index (χ4v) is 5.40. The van der Waals surface area contributed by atoms with E-state index in [1.54, 1.807) is 5.51 Å². The van der Waals surface area contributed by atoms with Crippen LogP contribution in [0.4, 0.5) is 5.69 Å². The van der Waals surface area contributed by atoms with E-state index in [1.165, 1.54) is 57.8 Å². The molecule has 1 aromatic carbocycles. The minimum atomic E-state index is -3.89. The average molecular weight is 595 g/mol. The molecule has 2 aromatic rings. The second-order valence-electron chi connectivity index (χ2n) is 9.93. The van der Waals surface area contributed by atoms with Crippen LogP contribution in [0.3, 0.4) is 0 Å². The lowest BCUT2D eigenvalue weighted by Crippen LogP contribution is -2.50. The zero-order valence-corrected chi connectivity index (χ0v) is 25.1. The Morgan fingerprint density at radius 2 is 1.85 bits per heavy atom. The number of nitrogens with one attached hydrogen (secondary N) is 3. The molecule has 2 atom stereocenters. The van der Waals surface area contributed by atoms with Gasteiger partial charge >= 0.3 is 16.2 Å². The van der Waals surface area contributed by atoms with E-state index >= 15 is 0 Å². The van der Waals surface area contributed by atoms with Gasteiger partial charge in [-0.2, -0.15) is 12.7 Å². The Kier molecular flexibility index (Phi) is 11.0. The maximum Gasteiger partial charge on any atom is 0.337 e. The molecule has 3 rings (SSSR count). The Balaban J connectivity index is 1.82. The first-order chi connectivity index (χ1) is 19.0. The summed E-state index contributed by atoms with van der Waals surface area (Å²) < 4.78 is 32.3. The summed E-state index contributed by atoms with van der Waals surface area (Å²) in [4.78, 5) is 42.8. The average Bonchev–Trinajstić information content (AvgIpc) is 3.63. The topological polar surface area (TPSA) is 150 Å². The van der Waals surface area contributed by atoms with E-state index in [9.17, 15) is 22.8 Å². The van der Waals surface area contributed by atoms with Gasteiger partial charge in [0, 0.05) is 57.6 Å². The smallest absolute Gasteiger partial charge is 0.337 e. The van der Waals surface area contributed by atoms with Crippen LogP contribution in [-0.4, -0.2) is 88.9 Å². The molecule has 1 fully saturated rings. The number of aromatic nitrogens is 1. The first-order valence-corrected chi connectivity index (χ1v) is 15.4. The number of methoxy groups -OCH3 is 1. The molecule has 1 aliphatic rings. The molecule has 14 heteroatoms. The highest BCUT2D eigenvalue weighted by atomic mass is 32.2. The first kappa shape index (κ1) is 31.5. The van der Waals surface area contributed by atoms with Crippen molar-refractivity contribution < 1.29 is 27.5 Å². The van der Waals surface area contributed by atoms with Crippen molar-refractivity contribution in [2.75, 3.05) is 45.6 Å². The van der Waals surface area contributed by atoms with Crippen LogP contribution in [0.15, 0.2) is 29.1 Å². The Morgan fingerprint density at radius 1 is 1.15 bits per heavy atom. The first-order valence-electron chi connectivity index (χ1n) is 13.0. The van der Waals surface area contributed by atoms with Gasteiger partial charge < -0.3 is 20.7 Å². The van der Waals surface area contributed by atoms with Gasteiger partial charge in [-0.3, -0.25) is 13.9 Å². The molecular formula is C26H38N6O6S2. The van der Waals surface area contributed by atoms with Crippen LogP contribution >= 0.6 is 11.3 Å². The highest BCUT2D eigenvalue weighted by Crippen LogP contribution is 2.27. The standard InChI is InChI=1S/C26H38N6O6S2/c1-6-23(25(34)28-13-17-7-8-17)27-14-20(12-21-15-39-16-29-21)30-24(33)18-9-19(26(35)38-5)11-22(10-18)32(4)40(36,37)31(2)3/h9-11,15-17,20,23,27H,6-8,12-14H2,1-5H3,(H,28,34)(H,30,33)/t20-,23-/m0/s1. The molecule has 12 nitrogen and oxygen atoms in total. The summed E-state index contributed by atoms with van der Waals surface area (Å²) in [5.74, 6) is -0.740. The van der Waals surface area contributed by atoms with Crippen molar-refractivity contribution in [3.8, 4) is 0 Å². The van der Waals surface area contributed by atoms with E-state index < -0.39 is 34.2 Å². The second kappa shape index (κ2) is 14.0. The fourth-order valence-electron chi connectivity index (χ4n) is 3.97. The van der Waals surface area contributed by atoms with Crippen molar-refractivity contribution in [1.82, 2.24) is 25.2 Å². The number of carbonyl (C=O) groups is 3. The van der Waals surface area contributed by atoms with Crippen molar-refractivity contribution in [3.05, 3.63) is 45.9 Å². The Bertz CT molecular complexity index is 1280. The number of benzene rings is 1. The van der Waals surface area contributed by atoms with Gasteiger partial charge in [0.2, 0.25) is 5.91 Å². The summed E-state index contributed by atoms with van der Waals surface area (Å²) in [6, 6.07) is 3.23. The molecule has 0 saturated heterocycles. The lowest BCUT2D eigenvalue weighted by molar-refractivity contribution is -0.123. The summed E-state index contributed by atoms with van der Waals surface area (Å²) in [7, 11) is 1.42. The third-order valence-corrected chi connectivity index (χ3v) is 9.10. The van der Waals surface area contributed by atoms with Crippen molar-refractivity contribution in [2.45, 2.75) is 44.7 Å². The number of amides is 2. The minimum Gasteiger partial charge on any atom is -0.465 e. The van der Waals surface area contributed by atoms with E-state index in [4.69, 9.17) is 4.74 Å². The molecule has 2 amide bonds. The molecule has 40 heavy (non-hydrogen) atoms. The predicted octanol–water partition coefficient (Wildman–Crippen LogP) is 1.41. The molecule has 0 unspecified atom stereocenters. The minimum absolute atomic E-state index is 0.0264. The zero-order chi connectivity index (χ0) is 29.4. The summed E-state index contributed by atoms with van der Waals surface area (Å²) in [5.41, 5.74) is 2.71. The number of esters is 1. The molecule has 0 radical (unpaired) electrons. The number of anilines is 1. The second-order valence-corrected chi connectivity index (χ2v) is 12.8. The summed E-state index contributed by atoms with van der Waals surface area (Å²) in [6.07, 6.45) is 3.26. The molecule has 220 valence electrons. The summed E-state index contributed by atoms with van der Waals surface area (Å²) >= 11 is 1.44. The molecule has 0 bridgehead atoms. The van der Waals surface area contributed by atoms with E-state index in [0.29, 0.717) is 25.3 Å². The van der Waals surface area contributed by atoms with Crippen molar-refractivity contribution in [1.29, 1.82) is 0 Å². The number of ether oxygens (including phenoxy) is 1. The maximum absolute atomic E-state index is 13.5. The fraction of sp³-hybridized carbons (Fsp3) is 0.538. The predicted molar refractivity (Wildman–Crippen MR) is 154 cm³/mol. The number of nitrogens with zero attached hydrogens (tertiary/aromatic N) is 3. The van der Waals surface area contributed by atoms with Crippen LogP contribution in [0.1, 0.15) is 52.6 Å². The van der Waals surface area contributed by atoms with Crippen molar-refractivity contribution in [2.24, 2.45) is 5.92 Å². The molecule has 0 spiro atoms. The third-order valence-electron chi connectivity index (χ3n) is 6.64. The summed E-state index contributed by atoms with van der Waals surface area (Å²) in [6.45, 7) is 2.88. The lowest BCUT2D eigenvalue weighted by Gasteiger charge is -2.25. The van der Waals surface area contributed by atoms with Crippen LogP contribution in [0.25, 0.3) is 0 Å². The number of rotatable bonds is 15. The molecular weight excluding hydrogens is 556 g/mol. The van der Waals surface area contributed by atoms with Crippen LogP contribution in [0, 0.1) is 5.92 Å². The monoisotopic (exact) mass is 594 g/mol. The normalized spacial score (nSPS) is 14.8. The van der Waals surface area contributed by atoms with Gasteiger partial charge in [0.25, 0.3) is 5.91 Å². The van der Waals surface area contributed by atoms with Gasteiger partial charge in [-0.1, -0.05) is 6.92 Å². The number of thiazole rings is 1. The number of hydrogen-bond acceptors (Lipinski definition) is 9. The van der Waals surface area contributed by atoms with Crippen LogP contribution in [-0.2, 0) is 26.2 Å². The van der Waals surface area contributed by atoms with Crippen LogP contribution < -0.4 is 20.3 Å². The van der Waals surface area contributed by atoms with Crippen LogP contribution in [0.5, 0.6) is 0 Å². The zero-order valence-electron chi connectivity index (χ0n) is 23.5. The molecule has 1 aromatic heterocycles. The van der Waals surface area contributed by atoms with Gasteiger partial charge in [-0.05, 0) is 43.4 Å². The van der Waals surface area contributed by atoms with Gasteiger partial charge in [0.1, 0.15) is 0 Å². The van der Waals surface area contributed by atoms with Crippen molar-refractivity contribution in [3.63, 3.8) is 0 Å². The molecule has 1 saturated carbocycles. The van der Waals surface area contributed by atoms with E-state index in [0.717, 1.165) is 27.1 Å². The van der Waals surface area contributed by atoms with E-state index in [-0.39, 0.29) is 29.3 Å². The maximum atomic E-state index is 13.5. The quantitative estimate of drug-likeness (QED) is 0.262. The van der Waals surface area contributed by atoms with Crippen LogP contribution in [0.2, 0.25) is 0 Å². The number of hydrogen-bond donors (Lipinski definition) is 3. The van der Waals surface area contributed by atoms with Gasteiger partial charge in [-0.15, -0.1) is 11.3 Å². The molecule has 0 aliphatic heterocycles. The Hall–Kier alpha value is -3.07. The summed E-state index contributed by atoms with van der Waals surface area (Å²) in [5, 5.41) is 11.1. The highest BCUT2D eigenvalue weighted by molar-refractivity contribution is 7.90.